The zero-order valence-corrected chi connectivity index (χ0v) is 11.6. The smallest absolute Gasteiger partial charge is 0.339 e. The number of anilines is 1. The summed E-state index contributed by atoms with van der Waals surface area (Å²) >= 11 is 0. The second-order valence-electron chi connectivity index (χ2n) is 5.04. The minimum Gasteiger partial charge on any atom is -0.478 e. The Balaban J connectivity index is 2.40. The summed E-state index contributed by atoms with van der Waals surface area (Å²) in [6, 6.07) is 1.86. The highest BCUT2D eigenvalue weighted by molar-refractivity contribution is 5.93. The molecule has 1 aliphatic carbocycles. The van der Waals surface area contributed by atoms with Gasteiger partial charge in [-0.2, -0.15) is 0 Å². The van der Waals surface area contributed by atoms with Gasteiger partial charge >= 0.3 is 5.97 Å². The topological polar surface area (TPSA) is 62.7 Å². The number of carboxylic acids is 1. The molecule has 1 aliphatic rings. The standard InChI is InChI=1S/C14H20N2O3/c1-9(8-19-3)16(2)13-11(14(17)18)7-10-5-4-6-12(10)15-13/h7,9H,4-6,8H2,1-3H3,(H,17,18). The number of aryl methyl sites for hydroxylation is 2. The molecule has 0 amide bonds. The molecule has 104 valence electrons. The molecule has 0 radical (unpaired) electrons. The third kappa shape index (κ3) is 2.71. The molecule has 0 aliphatic heterocycles. The number of carboxylic acid groups (broad SMARTS) is 1. The molecule has 5 nitrogen and oxygen atoms in total. The van der Waals surface area contributed by atoms with E-state index in [2.05, 4.69) is 4.98 Å². The maximum absolute atomic E-state index is 11.4. The van der Waals surface area contributed by atoms with Crippen LogP contribution in [0, 0.1) is 0 Å². The SMILES string of the molecule is COCC(C)N(C)c1nc2c(cc1C(=O)O)CCC2. The first-order chi connectivity index (χ1) is 9.04. The van der Waals surface area contributed by atoms with Crippen LogP contribution in [-0.4, -0.2) is 42.9 Å². The number of aromatic nitrogens is 1. The van der Waals surface area contributed by atoms with E-state index in [4.69, 9.17) is 4.74 Å². The van der Waals surface area contributed by atoms with Gasteiger partial charge in [0.15, 0.2) is 0 Å². The third-order valence-electron chi connectivity index (χ3n) is 3.66. The van der Waals surface area contributed by atoms with E-state index >= 15 is 0 Å². The number of hydrogen-bond acceptors (Lipinski definition) is 4. The lowest BCUT2D eigenvalue weighted by molar-refractivity contribution is 0.0696. The molecule has 1 aromatic heterocycles. The fourth-order valence-corrected chi connectivity index (χ4v) is 2.45. The van der Waals surface area contributed by atoms with Crippen LogP contribution >= 0.6 is 0 Å². The van der Waals surface area contributed by atoms with Crippen molar-refractivity contribution in [2.45, 2.75) is 32.2 Å². The molecule has 2 rings (SSSR count). The second kappa shape index (κ2) is 5.57. The second-order valence-corrected chi connectivity index (χ2v) is 5.04. The normalized spacial score (nSPS) is 15.1. The van der Waals surface area contributed by atoms with Crippen LogP contribution in [0.2, 0.25) is 0 Å². The van der Waals surface area contributed by atoms with Gasteiger partial charge in [0.05, 0.1) is 12.6 Å². The van der Waals surface area contributed by atoms with Gasteiger partial charge in [0.25, 0.3) is 0 Å². The molecule has 1 atom stereocenters. The van der Waals surface area contributed by atoms with Crippen molar-refractivity contribution < 1.29 is 14.6 Å². The maximum Gasteiger partial charge on any atom is 0.339 e. The Kier molecular flexibility index (Phi) is 4.04. The Labute approximate surface area is 113 Å². The lowest BCUT2D eigenvalue weighted by atomic mass is 10.1. The van der Waals surface area contributed by atoms with Gasteiger partial charge in [-0.3, -0.25) is 0 Å². The van der Waals surface area contributed by atoms with E-state index in [1.165, 1.54) is 0 Å². The number of fused-ring (bicyclic) bond motifs is 1. The van der Waals surface area contributed by atoms with Crippen LogP contribution in [-0.2, 0) is 17.6 Å². The van der Waals surface area contributed by atoms with Gasteiger partial charge in [0.1, 0.15) is 11.4 Å². The minimum absolute atomic E-state index is 0.0788. The Hall–Kier alpha value is -1.62. The van der Waals surface area contributed by atoms with E-state index in [0.29, 0.717) is 12.4 Å². The van der Waals surface area contributed by atoms with Gasteiger partial charge in [-0.05, 0) is 37.8 Å². The Morgan fingerprint density at radius 3 is 2.95 bits per heavy atom. The Morgan fingerprint density at radius 2 is 2.32 bits per heavy atom. The zero-order chi connectivity index (χ0) is 14.0. The van der Waals surface area contributed by atoms with Gasteiger partial charge in [-0.25, -0.2) is 9.78 Å². The average molecular weight is 264 g/mol. The van der Waals surface area contributed by atoms with Crippen molar-refractivity contribution in [1.82, 2.24) is 4.98 Å². The summed E-state index contributed by atoms with van der Waals surface area (Å²) in [5.74, 6) is -0.383. The van der Waals surface area contributed by atoms with Crippen LogP contribution < -0.4 is 4.90 Å². The molecule has 1 N–H and O–H groups in total. The molecule has 19 heavy (non-hydrogen) atoms. The van der Waals surface area contributed by atoms with Gasteiger partial charge in [-0.1, -0.05) is 0 Å². The van der Waals surface area contributed by atoms with Crippen molar-refractivity contribution in [3.63, 3.8) is 0 Å². The predicted octanol–water partition coefficient (Wildman–Crippen LogP) is 1.74. The summed E-state index contributed by atoms with van der Waals surface area (Å²) in [5, 5.41) is 9.36. The average Bonchev–Trinajstić information content (AvgIpc) is 2.83. The van der Waals surface area contributed by atoms with Crippen LogP contribution in [0.25, 0.3) is 0 Å². The van der Waals surface area contributed by atoms with Crippen molar-refractivity contribution >= 4 is 11.8 Å². The van der Waals surface area contributed by atoms with Crippen LogP contribution in [0.3, 0.4) is 0 Å². The highest BCUT2D eigenvalue weighted by Crippen LogP contribution is 2.27. The summed E-state index contributed by atoms with van der Waals surface area (Å²) in [4.78, 5) is 17.9. The van der Waals surface area contributed by atoms with Crippen LogP contribution in [0.1, 0.15) is 35.0 Å². The fourth-order valence-electron chi connectivity index (χ4n) is 2.45. The molecule has 0 saturated carbocycles. The molecule has 0 bridgehead atoms. The fraction of sp³-hybridized carbons (Fsp3) is 0.571. The van der Waals surface area contributed by atoms with E-state index in [-0.39, 0.29) is 11.6 Å². The van der Waals surface area contributed by atoms with Gasteiger partial charge in [-0.15, -0.1) is 0 Å². The third-order valence-corrected chi connectivity index (χ3v) is 3.66. The number of methoxy groups -OCH3 is 1. The number of aromatic carboxylic acids is 1. The number of pyridine rings is 1. The zero-order valence-electron chi connectivity index (χ0n) is 11.6. The van der Waals surface area contributed by atoms with Crippen LogP contribution in [0.15, 0.2) is 6.07 Å². The summed E-state index contributed by atoms with van der Waals surface area (Å²) < 4.78 is 5.12. The largest absolute Gasteiger partial charge is 0.478 e. The first kappa shape index (κ1) is 13.8. The first-order valence-corrected chi connectivity index (χ1v) is 6.52. The van der Waals surface area contributed by atoms with Gasteiger partial charge in [0, 0.05) is 19.9 Å². The van der Waals surface area contributed by atoms with Gasteiger partial charge in [0.2, 0.25) is 0 Å². The molecule has 0 saturated heterocycles. The Morgan fingerprint density at radius 1 is 1.58 bits per heavy atom. The number of rotatable bonds is 5. The van der Waals surface area contributed by atoms with Crippen molar-refractivity contribution in [2.24, 2.45) is 0 Å². The molecule has 0 fully saturated rings. The van der Waals surface area contributed by atoms with Crippen LogP contribution in [0.5, 0.6) is 0 Å². The number of carbonyl (C=O) groups is 1. The molecule has 0 aromatic carbocycles. The van der Waals surface area contributed by atoms with Gasteiger partial charge < -0.3 is 14.7 Å². The Bertz CT molecular complexity index is 488. The first-order valence-electron chi connectivity index (χ1n) is 6.52. The van der Waals surface area contributed by atoms with E-state index in [1.807, 2.05) is 18.9 Å². The van der Waals surface area contributed by atoms with Crippen molar-refractivity contribution in [2.75, 3.05) is 25.7 Å². The van der Waals surface area contributed by atoms with E-state index in [0.717, 1.165) is 30.5 Å². The molecule has 0 spiro atoms. The number of ether oxygens (including phenoxy) is 1. The number of hydrogen-bond donors (Lipinski definition) is 1. The van der Waals surface area contributed by atoms with Crippen molar-refractivity contribution in [1.29, 1.82) is 0 Å². The molecular formula is C14H20N2O3. The summed E-state index contributed by atoms with van der Waals surface area (Å²) in [5.41, 5.74) is 2.40. The van der Waals surface area contributed by atoms with Crippen molar-refractivity contribution in [3.05, 3.63) is 22.9 Å². The molecule has 1 unspecified atom stereocenters. The lowest BCUT2D eigenvalue weighted by Crippen LogP contribution is -2.34. The van der Waals surface area contributed by atoms with E-state index in [1.54, 1.807) is 13.2 Å². The number of nitrogens with zero attached hydrogens (tertiary/aromatic N) is 2. The monoisotopic (exact) mass is 264 g/mol. The predicted molar refractivity (Wildman–Crippen MR) is 73.0 cm³/mol. The summed E-state index contributed by atoms with van der Waals surface area (Å²) in [6.07, 6.45) is 2.93. The molecular weight excluding hydrogens is 244 g/mol. The highest BCUT2D eigenvalue weighted by atomic mass is 16.5. The molecule has 1 heterocycles. The summed E-state index contributed by atoms with van der Waals surface area (Å²) in [6.45, 7) is 2.53. The van der Waals surface area contributed by atoms with Crippen molar-refractivity contribution in [3.8, 4) is 0 Å². The van der Waals surface area contributed by atoms with E-state index < -0.39 is 5.97 Å². The van der Waals surface area contributed by atoms with Crippen LogP contribution in [0.4, 0.5) is 5.82 Å². The van der Waals surface area contributed by atoms with E-state index in [9.17, 15) is 9.90 Å². The minimum atomic E-state index is -0.923. The molecule has 1 aromatic rings. The lowest BCUT2D eigenvalue weighted by Gasteiger charge is -2.27. The molecule has 5 heteroatoms. The quantitative estimate of drug-likeness (QED) is 0.877. The summed E-state index contributed by atoms with van der Waals surface area (Å²) in [7, 11) is 3.50. The number of likely N-dealkylation sites (N-methyl/N-ethyl adjacent to an activating group) is 1. The maximum atomic E-state index is 11.4. The highest BCUT2D eigenvalue weighted by Gasteiger charge is 2.23.